The number of nitrogens with one attached hydrogen (secondary N) is 2. The molecule has 1 aliphatic rings. The average molecular weight is 302 g/mol. The number of carbonyl (C=O) groups is 1. The van der Waals surface area contributed by atoms with Crippen LogP contribution in [-0.2, 0) is 6.54 Å². The van der Waals surface area contributed by atoms with E-state index in [2.05, 4.69) is 21.5 Å². The Hall–Kier alpha value is -2.57. The van der Waals surface area contributed by atoms with Gasteiger partial charge in [0.1, 0.15) is 5.75 Å². The normalized spacial score (nSPS) is 14.0. The predicted octanol–water partition coefficient (Wildman–Crippen LogP) is 0.974. The zero-order valence-corrected chi connectivity index (χ0v) is 12.1. The molecule has 0 radical (unpaired) electrons. The molecular formula is C15H18N4O3. The van der Waals surface area contributed by atoms with Crippen molar-refractivity contribution in [2.45, 2.75) is 31.7 Å². The van der Waals surface area contributed by atoms with Gasteiger partial charge >= 0.3 is 0 Å². The van der Waals surface area contributed by atoms with Gasteiger partial charge in [-0.05, 0) is 25.3 Å². The van der Waals surface area contributed by atoms with Gasteiger partial charge in [0.15, 0.2) is 0 Å². The smallest absolute Gasteiger partial charge is 0.256 e. The third kappa shape index (κ3) is 3.19. The SMILES string of the molecule is O=C(NCCCn1nccc1C1CC1)c1c[nH]c(=O)cc1O. The molecule has 116 valence electrons. The number of pyridine rings is 1. The van der Waals surface area contributed by atoms with E-state index in [4.69, 9.17) is 0 Å². The van der Waals surface area contributed by atoms with Crippen LogP contribution in [0.5, 0.6) is 5.75 Å². The number of aromatic hydroxyl groups is 1. The van der Waals surface area contributed by atoms with Crippen LogP contribution in [0.25, 0.3) is 0 Å². The summed E-state index contributed by atoms with van der Waals surface area (Å²) in [4.78, 5) is 25.3. The predicted molar refractivity (Wildman–Crippen MR) is 79.9 cm³/mol. The van der Waals surface area contributed by atoms with Crippen LogP contribution < -0.4 is 10.9 Å². The first-order valence-corrected chi connectivity index (χ1v) is 7.37. The van der Waals surface area contributed by atoms with Crippen molar-refractivity contribution in [1.82, 2.24) is 20.1 Å². The number of aromatic amines is 1. The summed E-state index contributed by atoms with van der Waals surface area (Å²) in [6, 6.07) is 3.04. The number of aromatic nitrogens is 3. The van der Waals surface area contributed by atoms with Gasteiger partial charge in [-0.3, -0.25) is 14.3 Å². The van der Waals surface area contributed by atoms with Gasteiger partial charge < -0.3 is 15.4 Å². The lowest BCUT2D eigenvalue weighted by atomic mass is 10.2. The van der Waals surface area contributed by atoms with Crippen LogP contribution in [0.15, 0.2) is 29.3 Å². The van der Waals surface area contributed by atoms with Gasteiger partial charge in [-0.25, -0.2) is 0 Å². The van der Waals surface area contributed by atoms with Crippen LogP contribution in [0.3, 0.4) is 0 Å². The summed E-state index contributed by atoms with van der Waals surface area (Å²) in [5.41, 5.74) is 0.891. The van der Waals surface area contributed by atoms with Gasteiger partial charge in [0, 0.05) is 43.2 Å². The molecule has 2 aromatic heterocycles. The second kappa shape index (κ2) is 6.05. The highest BCUT2D eigenvalue weighted by molar-refractivity contribution is 5.96. The van der Waals surface area contributed by atoms with E-state index in [1.807, 2.05) is 10.9 Å². The van der Waals surface area contributed by atoms with Crippen molar-refractivity contribution in [3.8, 4) is 5.75 Å². The van der Waals surface area contributed by atoms with Crippen LogP contribution in [-0.4, -0.2) is 32.3 Å². The van der Waals surface area contributed by atoms with Crippen LogP contribution in [0, 0.1) is 0 Å². The third-order valence-electron chi connectivity index (χ3n) is 3.72. The van der Waals surface area contributed by atoms with E-state index in [0.29, 0.717) is 12.5 Å². The van der Waals surface area contributed by atoms with E-state index < -0.39 is 11.5 Å². The molecule has 3 N–H and O–H groups in total. The summed E-state index contributed by atoms with van der Waals surface area (Å²) >= 11 is 0. The van der Waals surface area contributed by atoms with Crippen molar-refractivity contribution in [3.63, 3.8) is 0 Å². The molecular weight excluding hydrogens is 284 g/mol. The summed E-state index contributed by atoms with van der Waals surface area (Å²) in [7, 11) is 0. The minimum absolute atomic E-state index is 0.0670. The Morgan fingerprint density at radius 3 is 3.05 bits per heavy atom. The number of nitrogens with zero attached hydrogens (tertiary/aromatic N) is 2. The largest absolute Gasteiger partial charge is 0.507 e. The maximum Gasteiger partial charge on any atom is 0.256 e. The van der Waals surface area contributed by atoms with Crippen LogP contribution >= 0.6 is 0 Å². The quantitative estimate of drug-likeness (QED) is 0.692. The molecule has 0 aromatic carbocycles. The number of H-pyrrole nitrogens is 1. The summed E-state index contributed by atoms with van der Waals surface area (Å²) in [6.45, 7) is 1.22. The standard InChI is InChI=1S/C15H18N4O3/c20-13-8-14(21)17-9-11(13)15(22)16-5-1-7-19-12(4-6-18-19)10-2-3-10/h4,6,8-10H,1-3,5,7H2,(H,16,22)(H2,17,20,21). The number of rotatable bonds is 6. The Labute approximate surface area is 127 Å². The minimum atomic E-state index is -0.444. The van der Waals surface area contributed by atoms with Crippen molar-refractivity contribution in [2.75, 3.05) is 6.54 Å². The molecule has 0 spiro atoms. The molecule has 3 rings (SSSR count). The first-order chi connectivity index (χ1) is 10.6. The summed E-state index contributed by atoms with van der Waals surface area (Å²) in [6.07, 6.45) is 6.23. The fourth-order valence-corrected chi connectivity index (χ4v) is 2.42. The lowest BCUT2D eigenvalue weighted by Crippen LogP contribution is -2.26. The van der Waals surface area contributed by atoms with E-state index in [9.17, 15) is 14.7 Å². The Kier molecular flexibility index (Phi) is 3.95. The number of carbonyl (C=O) groups excluding carboxylic acids is 1. The Morgan fingerprint density at radius 2 is 2.32 bits per heavy atom. The Bertz CT molecular complexity index is 730. The summed E-state index contributed by atoms with van der Waals surface area (Å²) in [5.74, 6) is -0.0730. The van der Waals surface area contributed by atoms with Crippen molar-refractivity contribution in [3.05, 3.63) is 46.1 Å². The molecule has 1 amide bonds. The van der Waals surface area contributed by atoms with E-state index in [0.717, 1.165) is 19.0 Å². The molecule has 0 bridgehead atoms. The molecule has 2 aromatic rings. The van der Waals surface area contributed by atoms with Gasteiger partial charge in [-0.2, -0.15) is 5.10 Å². The van der Waals surface area contributed by atoms with Crippen molar-refractivity contribution in [1.29, 1.82) is 0 Å². The molecule has 1 saturated carbocycles. The van der Waals surface area contributed by atoms with E-state index in [1.54, 1.807) is 0 Å². The van der Waals surface area contributed by atoms with E-state index in [1.165, 1.54) is 24.7 Å². The fourth-order valence-electron chi connectivity index (χ4n) is 2.42. The second-order valence-corrected chi connectivity index (χ2v) is 5.46. The first-order valence-electron chi connectivity index (χ1n) is 7.37. The van der Waals surface area contributed by atoms with Gasteiger partial charge in [0.2, 0.25) is 0 Å². The molecule has 0 aliphatic heterocycles. The molecule has 7 heteroatoms. The van der Waals surface area contributed by atoms with E-state index >= 15 is 0 Å². The topological polar surface area (TPSA) is 100 Å². The summed E-state index contributed by atoms with van der Waals surface area (Å²) in [5, 5.41) is 16.6. The lowest BCUT2D eigenvalue weighted by molar-refractivity contribution is 0.0949. The molecule has 2 heterocycles. The number of amides is 1. The molecule has 0 unspecified atom stereocenters. The fraction of sp³-hybridized carbons (Fsp3) is 0.400. The highest BCUT2D eigenvalue weighted by Crippen LogP contribution is 2.39. The highest BCUT2D eigenvalue weighted by atomic mass is 16.3. The Morgan fingerprint density at radius 1 is 1.50 bits per heavy atom. The lowest BCUT2D eigenvalue weighted by Gasteiger charge is -2.08. The maximum absolute atomic E-state index is 11.9. The zero-order valence-electron chi connectivity index (χ0n) is 12.1. The highest BCUT2D eigenvalue weighted by Gasteiger charge is 2.26. The van der Waals surface area contributed by atoms with Crippen molar-refractivity contribution >= 4 is 5.91 Å². The molecule has 1 aliphatic carbocycles. The Balaban J connectivity index is 1.49. The number of aryl methyl sites for hydroxylation is 1. The number of hydrogen-bond acceptors (Lipinski definition) is 4. The molecule has 7 nitrogen and oxygen atoms in total. The zero-order chi connectivity index (χ0) is 15.5. The second-order valence-electron chi connectivity index (χ2n) is 5.46. The van der Waals surface area contributed by atoms with Gasteiger partial charge in [-0.1, -0.05) is 0 Å². The van der Waals surface area contributed by atoms with Gasteiger partial charge in [-0.15, -0.1) is 0 Å². The van der Waals surface area contributed by atoms with Gasteiger partial charge in [0.25, 0.3) is 11.5 Å². The number of hydrogen-bond donors (Lipinski definition) is 3. The monoisotopic (exact) mass is 302 g/mol. The maximum atomic E-state index is 11.9. The molecule has 22 heavy (non-hydrogen) atoms. The van der Waals surface area contributed by atoms with Crippen LogP contribution in [0.2, 0.25) is 0 Å². The van der Waals surface area contributed by atoms with Crippen LogP contribution in [0.1, 0.15) is 41.2 Å². The third-order valence-corrected chi connectivity index (χ3v) is 3.72. The minimum Gasteiger partial charge on any atom is -0.507 e. The van der Waals surface area contributed by atoms with Gasteiger partial charge in [0.05, 0.1) is 5.56 Å². The molecule has 0 atom stereocenters. The average Bonchev–Trinajstić information content (AvgIpc) is 3.22. The first kappa shape index (κ1) is 14.4. The van der Waals surface area contributed by atoms with E-state index in [-0.39, 0.29) is 11.3 Å². The van der Waals surface area contributed by atoms with Crippen LogP contribution in [0.4, 0.5) is 0 Å². The summed E-state index contributed by atoms with van der Waals surface area (Å²) < 4.78 is 1.99. The molecule has 0 saturated heterocycles. The van der Waals surface area contributed by atoms with Crippen molar-refractivity contribution < 1.29 is 9.90 Å². The van der Waals surface area contributed by atoms with Crippen molar-refractivity contribution in [2.24, 2.45) is 0 Å². The molecule has 1 fully saturated rings.